The van der Waals surface area contributed by atoms with E-state index in [-0.39, 0.29) is 0 Å². The second-order valence-corrected chi connectivity index (χ2v) is 16.7. The molecule has 9 rings (SSSR count). The van der Waals surface area contributed by atoms with Gasteiger partial charge in [0.2, 0.25) is 0 Å². The molecule has 1 heterocycles. The Morgan fingerprint density at radius 1 is 0.677 bits per heavy atom. The molecule has 0 aliphatic heterocycles. The van der Waals surface area contributed by atoms with Crippen molar-refractivity contribution in [3.63, 3.8) is 0 Å². The third-order valence-electron chi connectivity index (χ3n) is 11.5. The first-order valence-corrected chi connectivity index (χ1v) is 22.2. The Morgan fingerprint density at radius 2 is 1.37 bits per heavy atom. The fourth-order valence-corrected chi connectivity index (χ4v) is 9.43. The van der Waals surface area contributed by atoms with Crippen molar-refractivity contribution in [2.24, 2.45) is 0 Å². The molecule has 0 spiro atoms. The molecule has 0 fully saturated rings. The molecule has 0 saturated heterocycles. The number of allylic oxidation sites excluding steroid dienone is 10. The van der Waals surface area contributed by atoms with Crippen molar-refractivity contribution in [1.29, 1.82) is 5.41 Å². The van der Waals surface area contributed by atoms with E-state index in [0.717, 1.165) is 69.6 Å². The van der Waals surface area contributed by atoms with Crippen molar-refractivity contribution in [2.75, 3.05) is 5.32 Å². The monoisotopic (exact) mass is 816 g/mol. The lowest BCUT2D eigenvalue weighted by atomic mass is 9.90. The Hall–Kier alpha value is -7.33. The van der Waals surface area contributed by atoms with Gasteiger partial charge in [-0.25, -0.2) is 0 Å². The van der Waals surface area contributed by atoms with E-state index < -0.39 is 0 Å². The van der Waals surface area contributed by atoms with Crippen LogP contribution in [-0.2, 0) is 6.42 Å². The Labute approximate surface area is 369 Å². The Morgan fingerprint density at radius 3 is 2.11 bits per heavy atom. The highest BCUT2D eigenvalue weighted by molar-refractivity contribution is 7.26. The summed E-state index contributed by atoms with van der Waals surface area (Å²) in [6.45, 7) is 2.14. The van der Waals surface area contributed by atoms with Gasteiger partial charge in [-0.15, -0.1) is 11.3 Å². The average molecular weight is 817 g/mol. The first kappa shape index (κ1) is 40.1. The first-order chi connectivity index (χ1) is 30.6. The van der Waals surface area contributed by atoms with Gasteiger partial charge in [0.25, 0.3) is 0 Å². The molecule has 8 aromatic rings. The fourth-order valence-electron chi connectivity index (χ4n) is 8.16. The lowest BCUT2D eigenvalue weighted by molar-refractivity contribution is 1.00. The minimum absolute atomic E-state index is 0.561. The standard InChI is InChI=1S/C59H48N2S/c1-42(17-16-22-43-18-6-2-7-19-43)54(41-55(60)47-23-10-4-11-24-47)46-32-30-45(31-33-46)51-38-39-53-52-27-14-15-28-57(52)62-59(53)58(51)49-34-36-50(37-35-49)61-56(48-25-12-5-13-26-48)40-29-44-20-8-3-9-21-44/h2-10,12-23,25-28,30-41,60-61H,11,24,29H2,1H3/b22-16-,42-17+,54-41-,56-40-,60-55?. The lowest BCUT2D eigenvalue weighted by Gasteiger charge is -2.16. The van der Waals surface area contributed by atoms with Crippen LogP contribution in [0.15, 0.2) is 230 Å². The maximum absolute atomic E-state index is 9.11. The molecule has 300 valence electrons. The van der Waals surface area contributed by atoms with Gasteiger partial charge < -0.3 is 10.7 Å². The zero-order valence-electron chi connectivity index (χ0n) is 34.9. The molecule has 62 heavy (non-hydrogen) atoms. The molecule has 2 N–H and O–H groups in total. The first-order valence-electron chi connectivity index (χ1n) is 21.4. The quantitative estimate of drug-likeness (QED) is 0.0882. The summed E-state index contributed by atoms with van der Waals surface area (Å²) in [7, 11) is 0. The number of benzene rings is 7. The summed E-state index contributed by atoms with van der Waals surface area (Å²) in [6.07, 6.45) is 19.7. The molecule has 0 atom stereocenters. The highest BCUT2D eigenvalue weighted by atomic mass is 32.1. The molecule has 7 aromatic carbocycles. The highest BCUT2D eigenvalue weighted by Crippen LogP contribution is 2.45. The summed E-state index contributed by atoms with van der Waals surface area (Å²) >= 11 is 1.87. The van der Waals surface area contributed by atoms with Crippen LogP contribution in [-0.4, -0.2) is 5.71 Å². The average Bonchev–Trinajstić information content (AvgIpc) is 3.72. The van der Waals surface area contributed by atoms with Gasteiger partial charge in [0.05, 0.1) is 5.71 Å². The van der Waals surface area contributed by atoms with Crippen LogP contribution in [0, 0.1) is 5.41 Å². The van der Waals surface area contributed by atoms with Gasteiger partial charge in [-0.2, -0.15) is 0 Å². The summed E-state index contributed by atoms with van der Waals surface area (Å²) < 4.78 is 2.57. The van der Waals surface area contributed by atoms with Gasteiger partial charge in [-0.1, -0.05) is 200 Å². The van der Waals surface area contributed by atoms with Crippen LogP contribution in [0.25, 0.3) is 59.8 Å². The minimum Gasteiger partial charge on any atom is -0.355 e. The molecular formula is C59H48N2S. The van der Waals surface area contributed by atoms with E-state index in [1.807, 2.05) is 23.5 Å². The SMILES string of the molecule is CC(=C\C=C/c1ccccc1)/C(=C/C(=N)C1=CC=CCC1)c1ccc(-c2ccc3c(sc4ccccc43)c2-c2ccc(N/C(=C\Cc3ccccc3)c3ccccc3)cc2)cc1. The molecule has 1 aliphatic carbocycles. The smallest absolute Gasteiger partial charge is 0.0578 e. The molecule has 2 nitrogen and oxygen atoms in total. The number of rotatable bonds is 13. The van der Waals surface area contributed by atoms with E-state index in [2.05, 4.69) is 225 Å². The summed E-state index contributed by atoms with van der Waals surface area (Å²) in [5, 5.41) is 15.4. The molecule has 1 aromatic heterocycles. The zero-order chi connectivity index (χ0) is 42.1. The van der Waals surface area contributed by atoms with Crippen molar-refractivity contribution >= 4 is 60.3 Å². The van der Waals surface area contributed by atoms with Gasteiger partial charge >= 0.3 is 0 Å². The molecular weight excluding hydrogens is 769 g/mol. The maximum atomic E-state index is 9.11. The summed E-state index contributed by atoms with van der Waals surface area (Å²) in [5.41, 5.74) is 15.3. The van der Waals surface area contributed by atoms with Crippen LogP contribution in [0.4, 0.5) is 5.69 Å². The van der Waals surface area contributed by atoms with Crippen LogP contribution < -0.4 is 5.32 Å². The zero-order valence-corrected chi connectivity index (χ0v) is 35.7. The predicted octanol–water partition coefficient (Wildman–Crippen LogP) is 16.4. The summed E-state index contributed by atoms with van der Waals surface area (Å²) in [6, 6.07) is 62.8. The largest absolute Gasteiger partial charge is 0.355 e. The summed E-state index contributed by atoms with van der Waals surface area (Å²) in [5.74, 6) is 0. The molecule has 0 bridgehead atoms. The Bertz CT molecular complexity index is 3030. The Kier molecular flexibility index (Phi) is 12.2. The van der Waals surface area contributed by atoms with Gasteiger partial charge in [0, 0.05) is 37.1 Å². The third-order valence-corrected chi connectivity index (χ3v) is 12.7. The van der Waals surface area contributed by atoms with E-state index >= 15 is 0 Å². The van der Waals surface area contributed by atoms with Crippen LogP contribution in [0.3, 0.4) is 0 Å². The fraction of sp³-hybridized carbons (Fsp3) is 0.0678. The summed E-state index contributed by atoms with van der Waals surface area (Å²) in [4.78, 5) is 0. The number of thiophene rings is 1. The van der Waals surface area contributed by atoms with Crippen LogP contribution in [0.2, 0.25) is 0 Å². The predicted molar refractivity (Wildman–Crippen MR) is 270 cm³/mol. The second kappa shape index (κ2) is 18.9. The van der Waals surface area contributed by atoms with Gasteiger partial charge in [0.15, 0.2) is 0 Å². The number of nitrogens with one attached hydrogen (secondary N) is 2. The topological polar surface area (TPSA) is 35.9 Å². The van der Waals surface area contributed by atoms with Crippen molar-refractivity contribution in [3.05, 3.63) is 252 Å². The van der Waals surface area contributed by atoms with E-state index in [1.165, 1.54) is 42.4 Å². The van der Waals surface area contributed by atoms with Crippen molar-refractivity contribution in [3.8, 4) is 22.3 Å². The third kappa shape index (κ3) is 9.19. The van der Waals surface area contributed by atoms with E-state index in [4.69, 9.17) is 5.41 Å². The molecule has 0 amide bonds. The molecule has 0 radical (unpaired) electrons. The van der Waals surface area contributed by atoms with Gasteiger partial charge in [-0.3, -0.25) is 0 Å². The van der Waals surface area contributed by atoms with Crippen molar-refractivity contribution < 1.29 is 0 Å². The van der Waals surface area contributed by atoms with Crippen LogP contribution >= 0.6 is 11.3 Å². The van der Waals surface area contributed by atoms with Crippen molar-refractivity contribution in [1.82, 2.24) is 0 Å². The lowest BCUT2D eigenvalue weighted by Crippen LogP contribution is -2.02. The van der Waals surface area contributed by atoms with Crippen LogP contribution in [0.5, 0.6) is 0 Å². The molecule has 0 unspecified atom stereocenters. The van der Waals surface area contributed by atoms with E-state index in [0.29, 0.717) is 5.71 Å². The normalized spacial score (nSPS) is 13.5. The minimum atomic E-state index is 0.561. The van der Waals surface area contributed by atoms with Gasteiger partial charge in [0.1, 0.15) is 0 Å². The van der Waals surface area contributed by atoms with E-state index in [1.54, 1.807) is 0 Å². The number of hydrogen-bond donors (Lipinski definition) is 2. The number of anilines is 1. The molecule has 1 aliphatic rings. The number of fused-ring (bicyclic) bond motifs is 3. The highest BCUT2D eigenvalue weighted by Gasteiger charge is 2.17. The van der Waals surface area contributed by atoms with Gasteiger partial charge in [-0.05, 0) is 106 Å². The van der Waals surface area contributed by atoms with Crippen molar-refractivity contribution in [2.45, 2.75) is 26.2 Å². The van der Waals surface area contributed by atoms with E-state index in [9.17, 15) is 0 Å². The number of hydrogen-bond acceptors (Lipinski definition) is 3. The van der Waals surface area contributed by atoms with Crippen LogP contribution in [0.1, 0.15) is 42.0 Å². The molecule has 3 heteroatoms. The molecule has 0 saturated carbocycles. The Balaban J connectivity index is 1.08. The second-order valence-electron chi connectivity index (χ2n) is 15.7. The maximum Gasteiger partial charge on any atom is 0.0578 e.